The average Bonchev–Trinajstić information content (AvgIpc) is 2.65. The van der Waals surface area contributed by atoms with Crippen LogP contribution >= 0.6 is 0 Å². The highest BCUT2D eigenvalue weighted by molar-refractivity contribution is 5.80. The van der Waals surface area contributed by atoms with Crippen molar-refractivity contribution < 1.29 is 14.2 Å². The maximum Gasteiger partial charge on any atom is 0.218 e. The standard InChI is InChI=1S/C18H20N4O3/c1-11-17(20-10-12-6-5-7-19-18(12)25-4)22-14-9-16(24-3)15(23-2)8-13(14)21-11/h5-9H,10H2,1-4H3,(H,20,22). The number of hydrogen-bond donors (Lipinski definition) is 1. The molecule has 3 rings (SSSR count). The average molecular weight is 340 g/mol. The third kappa shape index (κ3) is 3.40. The largest absolute Gasteiger partial charge is 0.493 e. The minimum atomic E-state index is 0.533. The van der Waals surface area contributed by atoms with Crippen LogP contribution in [-0.2, 0) is 6.54 Å². The van der Waals surface area contributed by atoms with E-state index in [0.29, 0.717) is 29.7 Å². The van der Waals surface area contributed by atoms with Gasteiger partial charge >= 0.3 is 0 Å². The predicted octanol–water partition coefficient (Wildman–Crippen LogP) is 2.97. The van der Waals surface area contributed by atoms with E-state index in [9.17, 15) is 0 Å². The Morgan fingerprint density at radius 3 is 2.28 bits per heavy atom. The van der Waals surface area contributed by atoms with Gasteiger partial charge < -0.3 is 19.5 Å². The van der Waals surface area contributed by atoms with Gasteiger partial charge in [0.25, 0.3) is 0 Å². The molecule has 0 radical (unpaired) electrons. The van der Waals surface area contributed by atoms with E-state index in [0.717, 1.165) is 22.3 Å². The van der Waals surface area contributed by atoms with Crippen molar-refractivity contribution in [1.29, 1.82) is 0 Å². The molecule has 0 fully saturated rings. The number of nitrogens with zero attached hydrogens (tertiary/aromatic N) is 3. The Morgan fingerprint density at radius 1 is 0.960 bits per heavy atom. The summed E-state index contributed by atoms with van der Waals surface area (Å²) in [6.07, 6.45) is 1.70. The molecular formula is C18H20N4O3. The smallest absolute Gasteiger partial charge is 0.218 e. The summed E-state index contributed by atoms with van der Waals surface area (Å²) in [6.45, 7) is 2.44. The third-order valence-corrected chi connectivity index (χ3v) is 3.83. The first-order valence-corrected chi connectivity index (χ1v) is 7.78. The summed E-state index contributed by atoms with van der Waals surface area (Å²) in [5.74, 6) is 2.54. The van der Waals surface area contributed by atoms with Crippen molar-refractivity contribution in [2.24, 2.45) is 0 Å². The molecule has 1 aromatic carbocycles. The van der Waals surface area contributed by atoms with Gasteiger partial charge in [-0.3, -0.25) is 0 Å². The molecule has 0 amide bonds. The highest BCUT2D eigenvalue weighted by atomic mass is 16.5. The Kier molecular flexibility index (Phi) is 4.83. The zero-order valence-corrected chi connectivity index (χ0v) is 14.7. The summed E-state index contributed by atoms with van der Waals surface area (Å²) >= 11 is 0. The Morgan fingerprint density at radius 2 is 1.64 bits per heavy atom. The quantitative estimate of drug-likeness (QED) is 0.739. The Balaban J connectivity index is 1.92. The van der Waals surface area contributed by atoms with Crippen LogP contribution in [0.15, 0.2) is 30.5 Å². The first-order chi connectivity index (χ1) is 12.2. The van der Waals surface area contributed by atoms with E-state index in [2.05, 4.69) is 20.3 Å². The number of anilines is 1. The molecule has 1 N–H and O–H groups in total. The molecule has 0 saturated carbocycles. The summed E-state index contributed by atoms with van der Waals surface area (Å²) in [6, 6.07) is 7.46. The van der Waals surface area contributed by atoms with Crippen molar-refractivity contribution in [3.8, 4) is 17.4 Å². The van der Waals surface area contributed by atoms with Crippen molar-refractivity contribution >= 4 is 16.9 Å². The number of aromatic nitrogens is 3. The molecule has 2 heterocycles. The molecule has 3 aromatic rings. The number of aryl methyl sites for hydroxylation is 1. The van der Waals surface area contributed by atoms with Gasteiger partial charge in [-0.05, 0) is 13.0 Å². The number of hydrogen-bond acceptors (Lipinski definition) is 7. The number of fused-ring (bicyclic) bond motifs is 1. The number of methoxy groups -OCH3 is 3. The molecule has 0 aliphatic carbocycles. The first kappa shape index (κ1) is 16.8. The van der Waals surface area contributed by atoms with E-state index in [4.69, 9.17) is 14.2 Å². The van der Waals surface area contributed by atoms with Gasteiger partial charge in [-0.1, -0.05) is 6.07 Å². The fraction of sp³-hybridized carbons (Fsp3) is 0.278. The molecule has 25 heavy (non-hydrogen) atoms. The Bertz CT molecular complexity index is 899. The number of pyridine rings is 1. The lowest BCUT2D eigenvalue weighted by atomic mass is 10.2. The second-order valence-corrected chi connectivity index (χ2v) is 5.38. The summed E-state index contributed by atoms with van der Waals surface area (Å²) in [5.41, 5.74) is 3.21. The van der Waals surface area contributed by atoms with E-state index in [1.807, 2.05) is 31.2 Å². The minimum Gasteiger partial charge on any atom is -0.493 e. The maximum atomic E-state index is 5.34. The zero-order chi connectivity index (χ0) is 17.8. The van der Waals surface area contributed by atoms with Crippen LogP contribution < -0.4 is 19.5 Å². The van der Waals surface area contributed by atoms with Gasteiger partial charge in [0.1, 0.15) is 5.82 Å². The van der Waals surface area contributed by atoms with Crippen LogP contribution in [0.3, 0.4) is 0 Å². The number of ether oxygens (including phenoxy) is 3. The second-order valence-electron chi connectivity index (χ2n) is 5.38. The lowest BCUT2D eigenvalue weighted by Crippen LogP contribution is -2.07. The molecule has 7 nitrogen and oxygen atoms in total. The molecule has 0 atom stereocenters. The van der Waals surface area contributed by atoms with Gasteiger partial charge in [-0.2, -0.15) is 0 Å². The van der Waals surface area contributed by atoms with Crippen molar-refractivity contribution in [1.82, 2.24) is 15.0 Å². The van der Waals surface area contributed by atoms with Gasteiger partial charge in [0.2, 0.25) is 5.88 Å². The Hall–Kier alpha value is -3.09. The lowest BCUT2D eigenvalue weighted by Gasteiger charge is -2.13. The second kappa shape index (κ2) is 7.21. The third-order valence-electron chi connectivity index (χ3n) is 3.83. The van der Waals surface area contributed by atoms with Crippen LogP contribution in [0.1, 0.15) is 11.3 Å². The number of benzene rings is 1. The molecule has 0 saturated heterocycles. The van der Waals surface area contributed by atoms with Gasteiger partial charge in [0.05, 0.1) is 38.1 Å². The molecular weight excluding hydrogens is 320 g/mol. The molecule has 0 unspecified atom stereocenters. The van der Waals surface area contributed by atoms with Crippen LogP contribution in [0.5, 0.6) is 17.4 Å². The fourth-order valence-corrected chi connectivity index (χ4v) is 2.56. The topological polar surface area (TPSA) is 78.4 Å². The molecule has 0 aliphatic heterocycles. The van der Waals surface area contributed by atoms with Gasteiger partial charge in [-0.15, -0.1) is 0 Å². The highest BCUT2D eigenvalue weighted by Crippen LogP contribution is 2.31. The molecule has 0 spiro atoms. The van der Waals surface area contributed by atoms with Gasteiger partial charge in [0, 0.05) is 30.4 Å². The Labute approximate surface area is 146 Å². The highest BCUT2D eigenvalue weighted by Gasteiger charge is 2.11. The summed E-state index contributed by atoms with van der Waals surface area (Å²) in [5, 5.41) is 3.30. The van der Waals surface area contributed by atoms with E-state index < -0.39 is 0 Å². The van der Waals surface area contributed by atoms with Crippen LogP contribution in [0.4, 0.5) is 5.82 Å². The van der Waals surface area contributed by atoms with E-state index in [1.54, 1.807) is 27.5 Å². The minimum absolute atomic E-state index is 0.533. The molecule has 0 bridgehead atoms. The fourth-order valence-electron chi connectivity index (χ4n) is 2.56. The maximum absolute atomic E-state index is 5.34. The first-order valence-electron chi connectivity index (χ1n) is 7.78. The van der Waals surface area contributed by atoms with E-state index in [-0.39, 0.29) is 0 Å². The van der Waals surface area contributed by atoms with Crippen molar-refractivity contribution in [2.45, 2.75) is 13.5 Å². The van der Waals surface area contributed by atoms with E-state index >= 15 is 0 Å². The van der Waals surface area contributed by atoms with Crippen molar-refractivity contribution in [3.63, 3.8) is 0 Å². The van der Waals surface area contributed by atoms with Gasteiger partial charge in [0.15, 0.2) is 11.5 Å². The van der Waals surface area contributed by atoms with Crippen LogP contribution in [0, 0.1) is 6.92 Å². The van der Waals surface area contributed by atoms with Crippen LogP contribution in [0.2, 0.25) is 0 Å². The normalized spacial score (nSPS) is 10.6. The molecule has 130 valence electrons. The van der Waals surface area contributed by atoms with E-state index in [1.165, 1.54) is 0 Å². The SMILES string of the molecule is COc1cc2nc(C)c(NCc3cccnc3OC)nc2cc1OC. The molecule has 7 heteroatoms. The number of nitrogens with one attached hydrogen (secondary N) is 1. The van der Waals surface area contributed by atoms with Crippen molar-refractivity contribution in [2.75, 3.05) is 26.6 Å². The summed E-state index contributed by atoms with van der Waals surface area (Å²) in [7, 11) is 4.80. The van der Waals surface area contributed by atoms with Gasteiger partial charge in [-0.25, -0.2) is 15.0 Å². The lowest BCUT2D eigenvalue weighted by molar-refractivity contribution is 0.355. The van der Waals surface area contributed by atoms with Crippen LogP contribution in [-0.4, -0.2) is 36.3 Å². The summed E-state index contributed by atoms with van der Waals surface area (Å²) in [4.78, 5) is 13.5. The molecule has 2 aromatic heterocycles. The summed E-state index contributed by atoms with van der Waals surface area (Å²) < 4.78 is 15.9. The molecule has 0 aliphatic rings. The monoisotopic (exact) mass is 340 g/mol. The van der Waals surface area contributed by atoms with Crippen molar-refractivity contribution in [3.05, 3.63) is 41.7 Å². The zero-order valence-electron chi connectivity index (χ0n) is 14.7. The number of rotatable bonds is 6. The van der Waals surface area contributed by atoms with Crippen LogP contribution in [0.25, 0.3) is 11.0 Å². The predicted molar refractivity (Wildman–Crippen MR) is 95.5 cm³/mol.